The van der Waals surface area contributed by atoms with Crippen molar-refractivity contribution in [2.45, 2.75) is 33.2 Å². The van der Waals surface area contributed by atoms with Gasteiger partial charge in [-0.3, -0.25) is 9.97 Å². The normalized spacial score (nSPS) is 12.7. The summed E-state index contributed by atoms with van der Waals surface area (Å²) in [5.41, 5.74) is 6.82. The van der Waals surface area contributed by atoms with E-state index in [4.69, 9.17) is 29.2 Å². The van der Waals surface area contributed by atoms with Crippen molar-refractivity contribution in [1.29, 1.82) is 0 Å². The molecule has 5 rings (SSSR count). The Bertz CT molecular complexity index is 1430. The Hall–Kier alpha value is -3.20. The second kappa shape index (κ2) is 12.9. The van der Waals surface area contributed by atoms with Crippen LogP contribution in [0.5, 0.6) is 5.75 Å². The van der Waals surface area contributed by atoms with E-state index in [1.54, 1.807) is 30.8 Å². The molecule has 5 nitrogen and oxygen atoms in total. The minimum Gasteiger partial charge on any atom is -0.496 e. The molecule has 37 heavy (non-hydrogen) atoms. The average Bonchev–Trinajstić information content (AvgIpc) is 3.47. The molecule has 0 aliphatic carbocycles. The summed E-state index contributed by atoms with van der Waals surface area (Å²) in [5.74, 6) is 0.868. The lowest BCUT2D eigenvalue weighted by atomic mass is 10.1. The maximum atomic E-state index is 5.54. The van der Waals surface area contributed by atoms with E-state index in [0.717, 1.165) is 56.5 Å². The molecule has 1 aliphatic rings. The minimum atomic E-state index is 0.711. The zero-order valence-corrected chi connectivity index (χ0v) is 23.7. The van der Waals surface area contributed by atoms with Crippen LogP contribution in [0.2, 0.25) is 0 Å². The molecule has 1 aliphatic heterocycles. The maximum absolute atomic E-state index is 5.54. The van der Waals surface area contributed by atoms with Crippen molar-refractivity contribution in [1.82, 2.24) is 19.4 Å². The Labute approximate surface area is 233 Å². The van der Waals surface area contributed by atoms with Crippen molar-refractivity contribution in [3.63, 3.8) is 0 Å². The number of benzene rings is 1. The zero-order chi connectivity index (χ0) is 26.2. The molecular formula is C29H30N4OS3. The van der Waals surface area contributed by atoms with E-state index in [2.05, 4.69) is 69.0 Å². The molecule has 0 fully saturated rings. The van der Waals surface area contributed by atoms with Crippen LogP contribution >= 0.6 is 35.8 Å². The van der Waals surface area contributed by atoms with Crippen molar-refractivity contribution < 1.29 is 4.74 Å². The predicted molar refractivity (Wildman–Crippen MR) is 160 cm³/mol. The van der Waals surface area contributed by atoms with Gasteiger partial charge in [0.1, 0.15) is 5.75 Å². The summed E-state index contributed by atoms with van der Waals surface area (Å²) in [6, 6.07) is 14.3. The number of thiocarbonyl (C=S) groups is 1. The number of rotatable bonds is 7. The lowest BCUT2D eigenvalue weighted by Gasteiger charge is -2.21. The number of pyridine rings is 2. The van der Waals surface area contributed by atoms with Gasteiger partial charge < -0.3 is 14.2 Å². The van der Waals surface area contributed by atoms with E-state index in [1.165, 1.54) is 11.3 Å². The van der Waals surface area contributed by atoms with Gasteiger partial charge in [-0.2, -0.15) is 0 Å². The van der Waals surface area contributed by atoms with Crippen LogP contribution in [0.15, 0.2) is 78.7 Å². The van der Waals surface area contributed by atoms with Gasteiger partial charge in [0.2, 0.25) is 0 Å². The Balaban J connectivity index is 0.000000186. The molecule has 3 aromatic heterocycles. The van der Waals surface area contributed by atoms with Crippen LogP contribution in [0.1, 0.15) is 36.5 Å². The summed E-state index contributed by atoms with van der Waals surface area (Å²) in [6.45, 7) is 5.94. The Morgan fingerprint density at radius 1 is 1.05 bits per heavy atom. The molecule has 0 saturated carbocycles. The molecule has 0 spiro atoms. The second-order valence-electron chi connectivity index (χ2n) is 8.62. The van der Waals surface area contributed by atoms with Crippen LogP contribution in [-0.4, -0.2) is 38.1 Å². The quantitative estimate of drug-likeness (QED) is 0.223. The standard InChI is InChI=1S/C17H16N2OS2.C12H14N2S/c1-12-5-6-14(16(8-12)20-2)15-11-22-17(21)19(15)10-13-4-3-7-18-9-13;1-2-8-14-11(5-6-12(14)15)10-4-3-7-13-9-10/h3-9,11H,10H2,1-2H3;3-5,7,9H,2,6,8H2,1H3. The number of hydrogen-bond acceptors (Lipinski definition) is 6. The molecule has 190 valence electrons. The van der Waals surface area contributed by atoms with E-state index in [-0.39, 0.29) is 0 Å². The fraction of sp³-hybridized carbons (Fsp3) is 0.241. The Kier molecular flexibility index (Phi) is 9.33. The van der Waals surface area contributed by atoms with Gasteiger partial charge in [-0.1, -0.05) is 37.4 Å². The summed E-state index contributed by atoms with van der Waals surface area (Å²) in [4.78, 5) is 11.6. The fourth-order valence-corrected chi connectivity index (χ4v) is 5.51. The number of nitrogens with zero attached hydrogens (tertiary/aromatic N) is 4. The van der Waals surface area contributed by atoms with Crippen LogP contribution in [0.25, 0.3) is 17.0 Å². The van der Waals surface area contributed by atoms with E-state index in [9.17, 15) is 0 Å². The number of aryl methyl sites for hydroxylation is 1. The molecule has 1 aromatic carbocycles. The van der Waals surface area contributed by atoms with Gasteiger partial charge in [-0.25, -0.2) is 0 Å². The van der Waals surface area contributed by atoms with Crippen LogP contribution in [0.3, 0.4) is 0 Å². The maximum Gasteiger partial charge on any atom is 0.161 e. The zero-order valence-electron chi connectivity index (χ0n) is 21.3. The highest BCUT2D eigenvalue weighted by atomic mass is 32.1. The first-order valence-corrected chi connectivity index (χ1v) is 13.8. The Morgan fingerprint density at radius 2 is 1.84 bits per heavy atom. The van der Waals surface area contributed by atoms with Crippen LogP contribution in [0, 0.1) is 10.9 Å². The van der Waals surface area contributed by atoms with E-state index in [0.29, 0.717) is 6.54 Å². The average molecular weight is 547 g/mol. The first-order chi connectivity index (χ1) is 18.0. The molecule has 0 bridgehead atoms. The van der Waals surface area contributed by atoms with E-state index < -0.39 is 0 Å². The number of aromatic nitrogens is 3. The van der Waals surface area contributed by atoms with Gasteiger partial charge in [0.25, 0.3) is 0 Å². The van der Waals surface area contributed by atoms with Crippen molar-refractivity contribution in [3.8, 4) is 17.0 Å². The van der Waals surface area contributed by atoms with Crippen LogP contribution < -0.4 is 4.74 Å². The summed E-state index contributed by atoms with van der Waals surface area (Å²) < 4.78 is 8.52. The molecule has 0 unspecified atom stereocenters. The lowest BCUT2D eigenvalue weighted by molar-refractivity contribution is 0.415. The summed E-state index contributed by atoms with van der Waals surface area (Å²) in [5, 5.41) is 2.09. The molecule has 8 heteroatoms. The third-order valence-electron chi connectivity index (χ3n) is 5.95. The first-order valence-electron chi connectivity index (χ1n) is 12.1. The van der Waals surface area contributed by atoms with Gasteiger partial charge in [0.15, 0.2) is 3.95 Å². The molecule has 0 radical (unpaired) electrons. The van der Waals surface area contributed by atoms with Crippen molar-refractivity contribution in [2.24, 2.45) is 0 Å². The number of methoxy groups -OCH3 is 1. The lowest BCUT2D eigenvalue weighted by Crippen LogP contribution is -2.23. The first kappa shape index (κ1) is 26.9. The number of hydrogen-bond donors (Lipinski definition) is 0. The number of ether oxygens (including phenoxy) is 1. The summed E-state index contributed by atoms with van der Waals surface area (Å²) in [7, 11) is 1.70. The van der Waals surface area contributed by atoms with Gasteiger partial charge in [-0.15, -0.1) is 11.3 Å². The minimum absolute atomic E-state index is 0.711. The van der Waals surface area contributed by atoms with Gasteiger partial charge in [-0.05, 0) is 67.0 Å². The third kappa shape index (κ3) is 6.57. The van der Waals surface area contributed by atoms with Crippen molar-refractivity contribution >= 4 is 46.5 Å². The van der Waals surface area contributed by atoms with Crippen LogP contribution in [-0.2, 0) is 6.54 Å². The largest absolute Gasteiger partial charge is 0.496 e. The highest BCUT2D eigenvalue weighted by Gasteiger charge is 2.20. The van der Waals surface area contributed by atoms with Gasteiger partial charge in [0.05, 0.1) is 24.3 Å². The molecule has 0 saturated heterocycles. The molecule has 0 amide bonds. The second-order valence-corrected chi connectivity index (χ2v) is 10.6. The number of thiazole rings is 1. The van der Waals surface area contributed by atoms with Crippen molar-refractivity contribution in [2.75, 3.05) is 13.7 Å². The monoisotopic (exact) mass is 546 g/mol. The predicted octanol–water partition coefficient (Wildman–Crippen LogP) is 7.57. The molecule has 0 N–H and O–H groups in total. The van der Waals surface area contributed by atoms with Gasteiger partial charge >= 0.3 is 0 Å². The Morgan fingerprint density at radius 3 is 2.51 bits per heavy atom. The van der Waals surface area contributed by atoms with E-state index >= 15 is 0 Å². The molecular weight excluding hydrogens is 517 g/mol. The molecule has 4 heterocycles. The summed E-state index contributed by atoms with van der Waals surface area (Å²) >= 11 is 12.4. The topological polar surface area (TPSA) is 43.2 Å². The summed E-state index contributed by atoms with van der Waals surface area (Å²) in [6.07, 6.45) is 11.5. The third-order valence-corrected chi connectivity index (χ3v) is 7.60. The highest BCUT2D eigenvalue weighted by Crippen LogP contribution is 2.33. The van der Waals surface area contributed by atoms with E-state index in [1.807, 2.05) is 30.6 Å². The smallest absolute Gasteiger partial charge is 0.161 e. The fourth-order valence-electron chi connectivity index (χ4n) is 4.17. The van der Waals surface area contributed by atoms with Crippen molar-refractivity contribution in [3.05, 3.63) is 99.4 Å². The molecule has 0 atom stereocenters. The highest BCUT2D eigenvalue weighted by molar-refractivity contribution is 7.80. The van der Waals surface area contributed by atoms with Crippen LogP contribution in [0.4, 0.5) is 0 Å². The SMILES string of the molecule is CCCN1C(=S)CC=C1c1cccnc1.COc1cc(C)ccc1-c1csc(=S)n1Cc1cccnc1. The molecule has 4 aromatic rings. The van der Waals surface area contributed by atoms with Gasteiger partial charge in [0, 0.05) is 60.0 Å².